The van der Waals surface area contributed by atoms with Gasteiger partial charge in [-0.2, -0.15) is 0 Å². The zero-order valence-corrected chi connectivity index (χ0v) is 13.1. The van der Waals surface area contributed by atoms with Crippen molar-refractivity contribution in [3.8, 4) is 0 Å². The molecular weight excluding hydrogens is 304 g/mol. The highest BCUT2D eigenvalue weighted by atomic mass is 32.2. The third kappa shape index (κ3) is 3.25. The van der Waals surface area contributed by atoms with Gasteiger partial charge in [-0.25, -0.2) is 17.9 Å². The van der Waals surface area contributed by atoms with Crippen molar-refractivity contribution in [1.82, 2.24) is 4.72 Å². The van der Waals surface area contributed by atoms with Crippen molar-refractivity contribution >= 4 is 21.8 Å². The molecule has 1 aromatic carbocycles. The van der Waals surface area contributed by atoms with Gasteiger partial charge >= 0.3 is 6.09 Å². The predicted molar refractivity (Wildman–Crippen MR) is 83.2 cm³/mol. The first-order chi connectivity index (χ1) is 10.6. The van der Waals surface area contributed by atoms with Crippen LogP contribution in [0.4, 0.5) is 10.5 Å². The molecule has 1 heterocycles. The lowest BCUT2D eigenvalue weighted by Gasteiger charge is -2.15. The molecule has 2 aliphatic rings. The van der Waals surface area contributed by atoms with E-state index in [0.29, 0.717) is 6.54 Å². The summed E-state index contributed by atoms with van der Waals surface area (Å²) in [6.07, 6.45) is 2.48. The molecule has 0 bridgehead atoms. The van der Waals surface area contributed by atoms with Crippen LogP contribution in [0.5, 0.6) is 0 Å². The highest BCUT2D eigenvalue weighted by Gasteiger charge is 2.34. The number of sulfonamides is 1. The van der Waals surface area contributed by atoms with Crippen LogP contribution in [0.3, 0.4) is 0 Å². The molecular formula is C15H20N2O4S. The maximum atomic E-state index is 12.2. The first-order valence-electron chi connectivity index (χ1n) is 7.58. The molecule has 1 aromatic rings. The average Bonchev–Trinajstić information content (AvgIpc) is 3.16. The first-order valence-corrected chi connectivity index (χ1v) is 9.12. The van der Waals surface area contributed by atoms with E-state index in [1.165, 1.54) is 4.90 Å². The predicted octanol–water partition coefficient (Wildman–Crippen LogP) is 1.87. The SMILES string of the molecule is O=C1OC(CNS(=O)(=O)C2CCCC2)CN1c1ccccc1. The van der Waals surface area contributed by atoms with Gasteiger partial charge in [0.25, 0.3) is 0 Å². The quantitative estimate of drug-likeness (QED) is 0.897. The number of hydrogen-bond acceptors (Lipinski definition) is 4. The maximum absolute atomic E-state index is 12.2. The van der Waals surface area contributed by atoms with E-state index in [0.717, 1.165) is 31.4 Å². The number of anilines is 1. The average molecular weight is 324 g/mol. The molecule has 3 rings (SSSR count). The Morgan fingerprint density at radius 1 is 1.18 bits per heavy atom. The van der Waals surface area contributed by atoms with Crippen LogP contribution < -0.4 is 9.62 Å². The number of para-hydroxylation sites is 1. The lowest BCUT2D eigenvalue weighted by molar-refractivity contribution is 0.143. The number of ether oxygens (including phenoxy) is 1. The summed E-state index contributed by atoms with van der Waals surface area (Å²) >= 11 is 0. The number of nitrogens with zero attached hydrogens (tertiary/aromatic N) is 1. The Hall–Kier alpha value is -1.60. The number of carbonyl (C=O) groups excluding carboxylic acids is 1. The van der Waals surface area contributed by atoms with Gasteiger partial charge in [0.15, 0.2) is 0 Å². The Labute approximate surface area is 130 Å². The van der Waals surface area contributed by atoms with Crippen molar-refractivity contribution in [2.24, 2.45) is 0 Å². The van der Waals surface area contributed by atoms with Gasteiger partial charge < -0.3 is 4.74 Å². The number of amides is 1. The van der Waals surface area contributed by atoms with Crippen molar-refractivity contribution < 1.29 is 17.9 Å². The molecule has 1 N–H and O–H groups in total. The topological polar surface area (TPSA) is 75.7 Å². The van der Waals surface area contributed by atoms with E-state index in [-0.39, 0.29) is 11.8 Å². The summed E-state index contributed by atoms with van der Waals surface area (Å²) in [6, 6.07) is 9.22. The molecule has 1 aliphatic carbocycles. The van der Waals surface area contributed by atoms with E-state index in [1.807, 2.05) is 30.3 Å². The second-order valence-corrected chi connectivity index (χ2v) is 7.80. The van der Waals surface area contributed by atoms with Crippen molar-refractivity contribution in [3.63, 3.8) is 0 Å². The van der Waals surface area contributed by atoms with Crippen LogP contribution in [0, 0.1) is 0 Å². The Kier molecular flexibility index (Phi) is 4.35. The van der Waals surface area contributed by atoms with Gasteiger partial charge in [0.1, 0.15) is 6.10 Å². The zero-order chi connectivity index (χ0) is 15.6. The molecule has 7 heteroatoms. The summed E-state index contributed by atoms with van der Waals surface area (Å²) in [6.45, 7) is 0.490. The van der Waals surface area contributed by atoms with Crippen LogP contribution in [0.15, 0.2) is 30.3 Å². The van der Waals surface area contributed by atoms with E-state index >= 15 is 0 Å². The molecule has 1 saturated carbocycles. The van der Waals surface area contributed by atoms with Gasteiger partial charge in [0.2, 0.25) is 10.0 Å². The molecule has 1 amide bonds. The fraction of sp³-hybridized carbons (Fsp3) is 0.533. The minimum Gasteiger partial charge on any atom is -0.443 e. The number of benzene rings is 1. The van der Waals surface area contributed by atoms with Crippen molar-refractivity contribution in [2.45, 2.75) is 37.0 Å². The number of nitrogens with one attached hydrogen (secondary N) is 1. The second kappa shape index (κ2) is 6.26. The molecule has 6 nitrogen and oxygen atoms in total. The monoisotopic (exact) mass is 324 g/mol. The van der Waals surface area contributed by atoms with Crippen LogP contribution in [0.2, 0.25) is 0 Å². The van der Waals surface area contributed by atoms with Crippen LogP contribution in [0.1, 0.15) is 25.7 Å². The molecule has 120 valence electrons. The third-order valence-electron chi connectivity index (χ3n) is 4.20. The summed E-state index contributed by atoms with van der Waals surface area (Å²) in [5.41, 5.74) is 0.758. The van der Waals surface area contributed by atoms with Gasteiger partial charge in [-0.15, -0.1) is 0 Å². The lowest BCUT2D eigenvalue weighted by atomic mass is 10.3. The summed E-state index contributed by atoms with van der Waals surface area (Å²) in [7, 11) is -3.31. The molecule has 1 aliphatic heterocycles. The first kappa shape index (κ1) is 15.3. The molecule has 0 radical (unpaired) electrons. The fourth-order valence-corrected chi connectivity index (χ4v) is 4.58. The Balaban J connectivity index is 1.57. The second-order valence-electron chi connectivity index (χ2n) is 5.75. The van der Waals surface area contributed by atoms with Gasteiger partial charge in [-0.3, -0.25) is 4.90 Å². The van der Waals surface area contributed by atoms with Crippen LogP contribution in [-0.2, 0) is 14.8 Å². The summed E-state index contributed by atoms with van der Waals surface area (Å²) in [5, 5.41) is -0.296. The molecule has 1 atom stereocenters. The van der Waals surface area contributed by atoms with Gasteiger partial charge in [0, 0.05) is 12.2 Å². The van der Waals surface area contributed by atoms with E-state index in [1.54, 1.807) is 0 Å². The standard InChI is InChI=1S/C15H20N2O4S/c18-15-17(12-6-2-1-3-7-12)11-13(21-15)10-16-22(19,20)14-8-4-5-9-14/h1-3,6-7,13-14,16H,4-5,8-11H2. The van der Waals surface area contributed by atoms with Gasteiger partial charge in [-0.05, 0) is 25.0 Å². The highest BCUT2D eigenvalue weighted by molar-refractivity contribution is 7.90. The minimum atomic E-state index is -3.31. The van der Waals surface area contributed by atoms with Crippen molar-refractivity contribution in [1.29, 1.82) is 0 Å². The number of rotatable bonds is 5. The van der Waals surface area contributed by atoms with E-state index in [4.69, 9.17) is 4.74 Å². The minimum absolute atomic E-state index is 0.133. The van der Waals surface area contributed by atoms with Crippen LogP contribution in [-0.4, -0.2) is 39.0 Å². The fourth-order valence-electron chi connectivity index (χ4n) is 2.97. The molecule has 0 spiro atoms. The van der Waals surface area contributed by atoms with E-state index in [9.17, 15) is 13.2 Å². The summed E-state index contributed by atoms with van der Waals surface area (Å²) < 4.78 is 32.2. The van der Waals surface area contributed by atoms with Crippen molar-refractivity contribution in [3.05, 3.63) is 30.3 Å². The number of carbonyl (C=O) groups is 1. The largest absolute Gasteiger partial charge is 0.443 e. The van der Waals surface area contributed by atoms with E-state index in [2.05, 4.69) is 4.72 Å². The molecule has 22 heavy (non-hydrogen) atoms. The van der Waals surface area contributed by atoms with Crippen LogP contribution in [0.25, 0.3) is 0 Å². The smallest absolute Gasteiger partial charge is 0.414 e. The normalized spacial score (nSPS) is 23.0. The van der Waals surface area contributed by atoms with Crippen LogP contribution >= 0.6 is 0 Å². The van der Waals surface area contributed by atoms with Gasteiger partial charge in [0.05, 0.1) is 11.8 Å². The van der Waals surface area contributed by atoms with Gasteiger partial charge in [-0.1, -0.05) is 31.0 Å². The molecule has 1 unspecified atom stereocenters. The zero-order valence-electron chi connectivity index (χ0n) is 12.3. The Bertz CT molecular complexity index is 626. The molecule has 1 saturated heterocycles. The number of hydrogen-bond donors (Lipinski definition) is 1. The summed E-state index contributed by atoms with van der Waals surface area (Å²) in [4.78, 5) is 13.4. The van der Waals surface area contributed by atoms with E-state index < -0.39 is 22.2 Å². The summed E-state index contributed by atoms with van der Waals surface area (Å²) in [5.74, 6) is 0. The lowest BCUT2D eigenvalue weighted by Crippen LogP contribution is -2.39. The molecule has 2 fully saturated rings. The Morgan fingerprint density at radius 2 is 1.86 bits per heavy atom. The maximum Gasteiger partial charge on any atom is 0.414 e. The highest BCUT2D eigenvalue weighted by Crippen LogP contribution is 2.24. The van der Waals surface area contributed by atoms with Crippen molar-refractivity contribution in [2.75, 3.05) is 18.0 Å². The molecule has 0 aromatic heterocycles. The third-order valence-corrected chi connectivity index (χ3v) is 6.11. The number of cyclic esters (lactones) is 1. The Morgan fingerprint density at radius 3 is 2.55 bits per heavy atom.